The van der Waals surface area contributed by atoms with Crippen molar-refractivity contribution in [2.45, 2.75) is 77.2 Å². The molecule has 2 fully saturated rings. The SMILES string of the molecule is C=COCCCc1ccc([C@H]2[C@@H](C3OC3Nc3cccc(C(C)(C)C)c3)CCCN2C(=O)c2c(C)cccc2F)cc1. The largest absolute Gasteiger partial charge is 0.502 e. The summed E-state index contributed by atoms with van der Waals surface area (Å²) < 4.78 is 26.5. The molecule has 42 heavy (non-hydrogen) atoms. The standard InChI is InChI=1S/C36H43FN2O3/c1-6-41-22-10-12-25-17-19-26(20-18-25)32-29(15-9-21-39(32)35(40)31-24(2)11-7-16-30(31)37)33-34(42-33)38-28-14-8-13-27(23-28)36(3,4)5/h6-8,11,13-14,16-20,23,29,32-34,38H,1,9-10,12,15,21-22H2,2-5H3/t29-,32-,33?,34?/m0/s1. The van der Waals surface area contributed by atoms with Gasteiger partial charge < -0.3 is 19.7 Å². The fraction of sp³-hybridized carbons (Fsp3) is 0.417. The molecule has 0 spiro atoms. The number of piperidine rings is 1. The van der Waals surface area contributed by atoms with Crippen LogP contribution in [0.15, 0.2) is 79.6 Å². The summed E-state index contributed by atoms with van der Waals surface area (Å²) >= 11 is 0. The van der Waals surface area contributed by atoms with E-state index in [4.69, 9.17) is 9.47 Å². The Kier molecular flexibility index (Phi) is 9.02. The average molecular weight is 571 g/mol. The summed E-state index contributed by atoms with van der Waals surface area (Å²) in [6.45, 7) is 13.2. The van der Waals surface area contributed by atoms with Gasteiger partial charge in [0, 0.05) is 18.2 Å². The molecule has 222 valence electrons. The average Bonchev–Trinajstić information content (AvgIpc) is 3.73. The van der Waals surface area contributed by atoms with Crippen LogP contribution in [0.3, 0.4) is 0 Å². The summed E-state index contributed by atoms with van der Waals surface area (Å²) in [5.74, 6) is -0.655. The number of carbonyl (C=O) groups excluding carboxylic acids is 1. The zero-order valence-electron chi connectivity index (χ0n) is 25.2. The third-order valence-corrected chi connectivity index (χ3v) is 8.53. The summed E-state index contributed by atoms with van der Waals surface area (Å²) in [7, 11) is 0. The van der Waals surface area contributed by atoms with E-state index >= 15 is 4.39 Å². The second kappa shape index (κ2) is 12.7. The van der Waals surface area contributed by atoms with Gasteiger partial charge in [-0.3, -0.25) is 4.79 Å². The van der Waals surface area contributed by atoms with E-state index in [0.29, 0.717) is 18.7 Å². The molecule has 3 aromatic rings. The number of epoxide rings is 1. The Morgan fingerprint density at radius 1 is 1.14 bits per heavy atom. The zero-order chi connectivity index (χ0) is 29.9. The highest BCUT2D eigenvalue weighted by Gasteiger charge is 2.51. The minimum Gasteiger partial charge on any atom is -0.502 e. The molecular formula is C36H43FN2O3. The first kappa shape index (κ1) is 29.8. The van der Waals surface area contributed by atoms with Gasteiger partial charge in [-0.05, 0) is 78.5 Å². The maximum Gasteiger partial charge on any atom is 0.257 e. The molecular weight excluding hydrogens is 527 g/mol. The highest BCUT2D eigenvalue weighted by atomic mass is 19.1. The number of ether oxygens (including phenoxy) is 2. The number of nitrogens with one attached hydrogen (secondary N) is 1. The third-order valence-electron chi connectivity index (χ3n) is 8.53. The number of amides is 1. The van der Waals surface area contributed by atoms with Crippen LogP contribution < -0.4 is 5.32 Å². The number of anilines is 1. The first-order valence-corrected chi connectivity index (χ1v) is 15.1. The second-order valence-electron chi connectivity index (χ2n) is 12.6. The molecule has 2 aliphatic heterocycles. The number of hydrogen-bond acceptors (Lipinski definition) is 4. The van der Waals surface area contributed by atoms with Crippen molar-refractivity contribution in [2.24, 2.45) is 5.92 Å². The molecule has 1 N–H and O–H groups in total. The van der Waals surface area contributed by atoms with Crippen molar-refractivity contribution in [3.05, 3.63) is 113 Å². The van der Waals surface area contributed by atoms with Gasteiger partial charge in [0.25, 0.3) is 5.91 Å². The lowest BCUT2D eigenvalue weighted by Gasteiger charge is -2.41. The Bertz CT molecular complexity index is 1380. The minimum atomic E-state index is -0.473. The first-order chi connectivity index (χ1) is 20.2. The van der Waals surface area contributed by atoms with E-state index in [1.807, 2.05) is 4.90 Å². The number of aryl methyl sites for hydroxylation is 2. The Morgan fingerprint density at radius 2 is 1.90 bits per heavy atom. The van der Waals surface area contributed by atoms with Crippen LogP contribution in [0.4, 0.5) is 10.1 Å². The number of nitrogens with zero attached hydrogens (tertiary/aromatic N) is 1. The van der Waals surface area contributed by atoms with E-state index in [-0.39, 0.29) is 41.2 Å². The quantitative estimate of drug-likeness (QED) is 0.153. The van der Waals surface area contributed by atoms with Crippen molar-refractivity contribution in [1.29, 1.82) is 0 Å². The molecule has 0 aromatic heterocycles. The van der Waals surface area contributed by atoms with Crippen molar-refractivity contribution in [3.8, 4) is 0 Å². The Labute approximate surface area is 249 Å². The van der Waals surface area contributed by atoms with Crippen LogP contribution in [-0.2, 0) is 21.3 Å². The molecule has 3 aromatic carbocycles. The number of rotatable bonds is 10. The molecule has 0 saturated carbocycles. The molecule has 4 atom stereocenters. The second-order valence-corrected chi connectivity index (χ2v) is 12.6. The lowest BCUT2D eigenvalue weighted by molar-refractivity contribution is 0.0438. The Balaban J connectivity index is 1.40. The molecule has 5 rings (SSSR count). The maximum atomic E-state index is 15.0. The number of carbonyl (C=O) groups is 1. The topological polar surface area (TPSA) is 54.1 Å². The van der Waals surface area contributed by atoms with E-state index in [2.05, 4.69) is 81.2 Å². The lowest BCUT2D eigenvalue weighted by atomic mass is 9.81. The molecule has 0 radical (unpaired) electrons. The molecule has 2 heterocycles. The van der Waals surface area contributed by atoms with Crippen LogP contribution in [-0.4, -0.2) is 36.3 Å². The van der Waals surface area contributed by atoms with E-state index in [1.165, 1.54) is 23.5 Å². The van der Waals surface area contributed by atoms with E-state index in [1.54, 1.807) is 19.1 Å². The number of likely N-dealkylation sites (tertiary alicyclic amines) is 1. The van der Waals surface area contributed by atoms with Gasteiger partial charge in [0.2, 0.25) is 0 Å². The van der Waals surface area contributed by atoms with Crippen LogP contribution in [0.2, 0.25) is 0 Å². The normalized spacial score (nSPS) is 22.0. The molecule has 2 aliphatic rings. The highest BCUT2D eigenvalue weighted by molar-refractivity contribution is 5.96. The summed E-state index contributed by atoms with van der Waals surface area (Å²) in [6, 6.07) is 21.6. The number of halogens is 1. The fourth-order valence-electron chi connectivity index (χ4n) is 6.20. The molecule has 0 bridgehead atoms. The Morgan fingerprint density at radius 3 is 2.62 bits per heavy atom. The van der Waals surface area contributed by atoms with Crippen LogP contribution in [0, 0.1) is 18.7 Å². The van der Waals surface area contributed by atoms with Gasteiger partial charge in [0.05, 0.1) is 24.5 Å². The predicted octanol–water partition coefficient (Wildman–Crippen LogP) is 7.95. The number of benzene rings is 3. The van der Waals surface area contributed by atoms with Gasteiger partial charge >= 0.3 is 0 Å². The third kappa shape index (κ3) is 6.70. The van der Waals surface area contributed by atoms with Gasteiger partial charge in [-0.2, -0.15) is 0 Å². The molecule has 6 heteroatoms. The maximum absolute atomic E-state index is 15.0. The van der Waals surface area contributed by atoms with Gasteiger partial charge in [-0.1, -0.05) is 75.9 Å². The van der Waals surface area contributed by atoms with Gasteiger partial charge in [-0.15, -0.1) is 0 Å². The first-order valence-electron chi connectivity index (χ1n) is 15.1. The van der Waals surface area contributed by atoms with Crippen LogP contribution >= 0.6 is 0 Å². The summed E-state index contributed by atoms with van der Waals surface area (Å²) in [5, 5.41) is 3.58. The van der Waals surface area contributed by atoms with Crippen molar-refractivity contribution < 1.29 is 18.7 Å². The number of hydrogen-bond donors (Lipinski definition) is 1. The Hall–Kier alpha value is -3.64. The van der Waals surface area contributed by atoms with Gasteiger partial charge in [0.15, 0.2) is 6.23 Å². The molecule has 2 unspecified atom stereocenters. The fourth-order valence-corrected chi connectivity index (χ4v) is 6.20. The summed E-state index contributed by atoms with van der Waals surface area (Å²) in [6.07, 6.45) is 4.84. The lowest BCUT2D eigenvalue weighted by Crippen LogP contribution is -2.45. The molecule has 2 saturated heterocycles. The molecule has 1 amide bonds. The van der Waals surface area contributed by atoms with Crippen LogP contribution in [0.1, 0.15) is 78.7 Å². The highest BCUT2D eigenvalue weighted by Crippen LogP contribution is 2.46. The van der Waals surface area contributed by atoms with E-state index in [9.17, 15) is 4.79 Å². The van der Waals surface area contributed by atoms with E-state index < -0.39 is 5.82 Å². The zero-order valence-corrected chi connectivity index (χ0v) is 25.2. The molecule has 5 nitrogen and oxygen atoms in total. The monoisotopic (exact) mass is 570 g/mol. The van der Waals surface area contributed by atoms with Crippen molar-refractivity contribution >= 4 is 11.6 Å². The van der Waals surface area contributed by atoms with Gasteiger partial charge in [-0.25, -0.2) is 4.39 Å². The van der Waals surface area contributed by atoms with Crippen molar-refractivity contribution in [3.63, 3.8) is 0 Å². The van der Waals surface area contributed by atoms with Crippen LogP contribution in [0.25, 0.3) is 0 Å². The van der Waals surface area contributed by atoms with Crippen molar-refractivity contribution in [1.82, 2.24) is 4.90 Å². The molecule has 0 aliphatic carbocycles. The van der Waals surface area contributed by atoms with Crippen LogP contribution in [0.5, 0.6) is 0 Å². The van der Waals surface area contributed by atoms with Crippen molar-refractivity contribution in [2.75, 3.05) is 18.5 Å². The predicted molar refractivity (Wildman–Crippen MR) is 166 cm³/mol. The summed E-state index contributed by atoms with van der Waals surface area (Å²) in [4.78, 5) is 15.9. The summed E-state index contributed by atoms with van der Waals surface area (Å²) in [5.41, 5.74) is 5.41. The van der Waals surface area contributed by atoms with E-state index in [0.717, 1.165) is 36.9 Å². The minimum absolute atomic E-state index is 0.0481. The van der Waals surface area contributed by atoms with Gasteiger partial charge in [0.1, 0.15) is 11.9 Å². The smallest absolute Gasteiger partial charge is 0.257 e.